The van der Waals surface area contributed by atoms with Crippen molar-refractivity contribution in [2.24, 2.45) is 0 Å². The lowest BCUT2D eigenvalue weighted by Gasteiger charge is -2.10. The van der Waals surface area contributed by atoms with Gasteiger partial charge < -0.3 is 15.7 Å². The molecule has 0 aromatic rings. The van der Waals surface area contributed by atoms with Crippen molar-refractivity contribution in [3.05, 3.63) is 0 Å². The molecule has 1 amide bonds. The van der Waals surface area contributed by atoms with E-state index in [9.17, 15) is 4.79 Å². The van der Waals surface area contributed by atoms with E-state index in [4.69, 9.17) is 5.11 Å². The second-order valence-corrected chi connectivity index (χ2v) is 3.95. The summed E-state index contributed by atoms with van der Waals surface area (Å²) in [6.07, 6.45) is 1.40. The molecule has 1 aliphatic rings. The highest BCUT2D eigenvalue weighted by molar-refractivity contribution is 7.81. The maximum absolute atomic E-state index is 11.4. The van der Waals surface area contributed by atoms with Gasteiger partial charge in [-0.2, -0.15) is 12.6 Å². The molecular formula is C8H16N2O2S. The molecule has 3 N–H and O–H groups in total. The average molecular weight is 204 g/mol. The highest BCUT2D eigenvalue weighted by atomic mass is 32.1. The van der Waals surface area contributed by atoms with Crippen LogP contribution in [0.25, 0.3) is 0 Å². The third-order valence-corrected chi connectivity index (χ3v) is 2.45. The zero-order chi connectivity index (χ0) is 9.68. The number of carbonyl (C=O) groups excluding carboxylic acids is 1. The molecule has 0 aromatic carbocycles. The van der Waals surface area contributed by atoms with Crippen molar-refractivity contribution in [1.82, 2.24) is 10.6 Å². The highest BCUT2D eigenvalue weighted by Crippen LogP contribution is 2.11. The quantitative estimate of drug-likeness (QED) is 0.356. The average Bonchev–Trinajstić information content (AvgIpc) is 2.52. The van der Waals surface area contributed by atoms with Crippen LogP contribution < -0.4 is 10.6 Å². The number of thiol groups is 1. The summed E-state index contributed by atoms with van der Waals surface area (Å²) in [7, 11) is 0. The summed E-state index contributed by atoms with van der Waals surface area (Å²) in [5, 5.41) is 14.6. The summed E-state index contributed by atoms with van der Waals surface area (Å²) in [4.78, 5) is 11.4. The van der Waals surface area contributed by atoms with E-state index < -0.39 is 0 Å². The van der Waals surface area contributed by atoms with E-state index in [-0.39, 0.29) is 23.8 Å². The molecule has 76 valence electrons. The molecular weight excluding hydrogens is 188 g/mol. The first-order chi connectivity index (χ1) is 6.24. The zero-order valence-electron chi connectivity index (χ0n) is 7.49. The number of nitrogens with one attached hydrogen (secondary N) is 2. The van der Waals surface area contributed by atoms with E-state index >= 15 is 0 Å². The normalized spacial score (nSPS) is 27.5. The van der Waals surface area contributed by atoms with Crippen LogP contribution in [0.4, 0.5) is 0 Å². The minimum Gasteiger partial charge on any atom is -0.396 e. The molecule has 0 saturated carbocycles. The van der Waals surface area contributed by atoms with Gasteiger partial charge in [-0.15, -0.1) is 0 Å². The van der Waals surface area contributed by atoms with Crippen LogP contribution in [-0.2, 0) is 4.79 Å². The summed E-state index contributed by atoms with van der Waals surface area (Å²) < 4.78 is 0. The van der Waals surface area contributed by atoms with Gasteiger partial charge in [-0.05, 0) is 12.8 Å². The summed E-state index contributed by atoms with van der Waals surface area (Å²) in [6, 6.07) is -0.0961. The Hall–Kier alpha value is -0.260. The Balaban J connectivity index is 2.16. The number of carbonyl (C=O) groups is 1. The molecule has 0 aromatic heterocycles. The van der Waals surface area contributed by atoms with Crippen molar-refractivity contribution in [2.75, 3.05) is 19.7 Å². The first-order valence-electron chi connectivity index (χ1n) is 4.54. The number of aliphatic hydroxyl groups is 1. The fourth-order valence-electron chi connectivity index (χ4n) is 1.33. The predicted octanol–water partition coefficient (Wildman–Crippen LogP) is -0.855. The van der Waals surface area contributed by atoms with Crippen LogP contribution in [0, 0.1) is 0 Å². The molecule has 1 aliphatic heterocycles. The topological polar surface area (TPSA) is 61.4 Å². The largest absolute Gasteiger partial charge is 0.396 e. The fraction of sp³-hybridized carbons (Fsp3) is 0.875. The van der Waals surface area contributed by atoms with E-state index in [1.807, 2.05) is 0 Å². The Morgan fingerprint density at radius 1 is 1.69 bits per heavy atom. The molecule has 0 bridgehead atoms. The Morgan fingerprint density at radius 2 is 2.46 bits per heavy atom. The van der Waals surface area contributed by atoms with Crippen LogP contribution in [0.5, 0.6) is 0 Å². The molecule has 1 heterocycles. The first kappa shape index (κ1) is 10.8. The number of hydrogen-bond acceptors (Lipinski definition) is 4. The molecule has 1 fully saturated rings. The van der Waals surface area contributed by atoms with Gasteiger partial charge in [0, 0.05) is 24.9 Å². The lowest BCUT2D eigenvalue weighted by molar-refractivity contribution is -0.122. The number of aliphatic hydroxyl groups excluding tert-OH is 1. The summed E-state index contributed by atoms with van der Waals surface area (Å²) >= 11 is 4.27. The van der Waals surface area contributed by atoms with E-state index in [1.165, 1.54) is 0 Å². The number of hydrogen-bond donors (Lipinski definition) is 4. The minimum atomic E-state index is -0.0961. The number of rotatable bonds is 4. The third-order valence-electron chi connectivity index (χ3n) is 2.06. The van der Waals surface area contributed by atoms with Crippen LogP contribution in [0.15, 0.2) is 0 Å². The van der Waals surface area contributed by atoms with Crippen LogP contribution in [0.3, 0.4) is 0 Å². The maximum Gasteiger partial charge on any atom is 0.237 e. The van der Waals surface area contributed by atoms with Gasteiger partial charge in [-0.25, -0.2) is 0 Å². The van der Waals surface area contributed by atoms with Crippen molar-refractivity contribution in [2.45, 2.75) is 24.1 Å². The van der Waals surface area contributed by atoms with E-state index in [0.717, 1.165) is 13.0 Å². The molecule has 1 rings (SSSR count). The molecule has 5 heteroatoms. The van der Waals surface area contributed by atoms with Crippen LogP contribution in [0.2, 0.25) is 0 Å². The lowest BCUT2D eigenvalue weighted by atomic mass is 10.2. The Bertz CT molecular complexity index is 178. The SMILES string of the molecule is O=C(NCCCO)C1CC(S)CN1. The predicted molar refractivity (Wildman–Crippen MR) is 53.9 cm³/mol. The van der Waals surface area contributed by atoms with Crippen molar-refractivity contribution in [1.29, 1.82) is 0 Å². The van der Waals surface area contributed by atoms with Gasteiger partial charge in [0.1, 0.15) is 0 Å². The fourth-order valence-corrected chi connectivity index (χ4v) is 1.65. The first-order valence-corrected chi connectivity index (χ1v) is 5.05. The summed E-state index contributed by atoms with van der Waals surface area (Å²) in [5.74, 6) is 0.0185. The van der Waals surface area contributed by atoms with Gasteiger partial charge in [0.15, 0.2) is 0 Å². The van der Waals surface area contributed by atoms with E-state index in [1.54, 1.807) is 0 Å². The molecule has 0 radical (unpaired) electrons. The van der Waals surface area contributed by atoms with Gasteiger partial charge in [-0.3, -0.25) is 4.79 Å². The molecule has 0 spiro atoms. The molecule has 13 heavy (non-hydrogen) atoms. The van der Waals surface area contributed by atoms with E-state index in [0.29, 0.717) is 13.0 Å². The monoisotopic (exact) mass is 204 g/mol. The maximum atomic E-state index is 11.4. The second kappa shape index (κ2) is 5.47. The second-order valence-electron chi connectivity index (χ2n) is 3.22. The van der Waals surface area contributed by atoms with Gasteiger partial charge in [0.25, 0.3) is 0 Å². The van der Waals surface area contributed by atoms with Crippen molar-refractivity contribution in [3.63, 3.8) is 0 Å². The van der Waals surface area contributed by atoms with Gasteiger partial charge in [0.2, 0.25) is 5.91 Å². The Morgan fingerprint density at radius 3 is 3.00 bits per heavy atom. The Kier molecular flexibility index (Phi) is 4.55. The molecule has 4 nitrogen and oxygen atoms in total. The van der Waals surface area contributed by atoms with Gasteiger partial charge in [0.05, 0.1) is 6.04 Å². The summed E-state index contributed by atoms with van der Waals surface area (Å²) in [6.45, 7) is 1.46. The molecule has 2 unspecified atom stereocenters. The molecule has 0 aliphatic carbocycles. The van der Waals surface area contributed by atoms with Crippen molar-refractivity contribution < 1.29 is 9.90 Å². The van der Waals surface area contributed by atoms with Crippen LogP contribution >= 0.6 is 12.6 Å². The zero-order valence-corrected chi connectivity index (χ0v) is 8.39. The van der Waals surface area contributed by atoms with Crippen LogP contribution in [0.1, 0.15) is 12.8 Å². The number of amides is 1. The minimum absolute atomic E-state index is 0.0185. The van der Waals surface area contributed by atoms with Crippen molar-refractivity contribution >= 4 is 18.5 Å². The van der Waals surface area contributed by atoms with Crippen molar-refractivity contribution in [3.8, 4) is 0 Å². The lowest BCUT2D eigenvalue weighted by Crippen LogP contribution is -2.40. The van der Waals surface area contributed by atoms with E-state index in [2.05, 4.69) is 23.3 Å². The molecule has 2 atom stereocenters. The van der Waals surface area contributed by atoms with Gasteiger partial charge in [-0.1, -0.05) is 0 Å². The third kappa shape index (κ3) is 3.54. The standard InChI is InChI=1S/C8H16N2O2S/c11-3-1-2-9-8(12)7-4-6(13)5-10-7/h6-7,10-11,13H,1-5H2,(H,9,12). The summed E-state index contributed by atoms with van der Waals surface area (Å²) in [5.41, 5.74) is 0. The van der Waals surface area contributed by atoms with Crippen LogP contribution in [-0.4, -0.2) is 42.0 Å². The Labute approximate surface area is 83.5 Å². The van der Waals surface area contributed by atoms with Gasteiger partial charge >= 0.3 is 0 Å². The highest BCUT2D eigenvalue weighted by Gasteiger charge is 2.26. The smallest absolute Gasteiger partial charge is 0.237 e. The molecule has 1 saturated heterocycles.